The lowest BCUT2D eigenvalue weighted by molar-refractivity contribution is -0.126. The third kappa shape index (κ3) is 4.26. The first-order chi connectivity index (χ1) is 12.6. The highest BCUT2D eigenvalue weighted by Gasteiger charge is 2.33. The van der Waals surface area contributed by atoms with Crippen molar-refractivity contribution in [1.82, 2.24) is 14.4 Å². The molecule has 2 atom stereocenters. The van der Waals surface area contributed by atoms with Crippen LogP contribution in [0.1, 0.15) is 44.7 Å². The molecular formula is C21H31N3O2. The molecule has 1 fully saturated rings. The maximum atomic E-state index is 12.3. The van der Waals surface area contributed by atoms with Gasteiger partial charge in [-0.3, -0.25) is 14.5 Å². The second-order valence-electron chi connectivity index (χ2n) is 7.64. The summed E-state index contributed by atoms with van der Waals surface area (Å²) in [5.41, 5.74) is 1.30. The Morgan fingerprint density at radius 1 is 1.19 bits per heavy atom. The smallest absolute Gasteiger partial charge is 0.250 e. The third-order valence-corrected chi connectivity index (χ3v) is 5.48. The van der Waals surface area contributed by atoms with Gasteiger partial charge in [-0.05, 0) is 31.2 Å². The number of amides is 1. The first-order valence-electron chi connectivity index (χ1n) is 9.99. The van der Waals surface area contributed by atoms with Gasteiger partial charge in [-0.2, -0.15) is 0 Å². The van der Waals surface area contributed by atoms with E-state index in [1.165, 1.54) is 12.1 Å². The minimum absolute atomic E-state index is 0.128. The summed E-state index contributed by atoms with van der Waals surface area (Å²) in [5.74, 6) is 1.09. The van der Waals surface area contributed by atoms with Crippen LogP contribution in [0.3, 0.4) is 0 Å². The SMILES string of the molecule is CCCN(CCC)C(=O)/C=C/CN1C[C@H]2C[C@H](C1)c1cccc(=O)n1C2. The number of aromatic nitrogens is 1. The highest BCUT2D eigenvalue weighted by Crippen LogP contribution is 2.34. The van der Waals surface area contributed by atoms with Crippen molar-refractivity contribution in [3.63, 3.8) is 0 Å². The number of hydrogen-bond donors (Lipinski definition) is 0. The van der Waals surface area contributed by atoms with Gasteiger partial charge in [0, 0.05) is 63.0 Å². The van der Waals surface area contributed by atoms with Crippen molar-refractivity contribution in [2.75, 3.05) is 32.7 Å². The molecule has 0 aliphatic carbocycles. The molecule has 142 valence electrons. The number of likely N-dealkylation sites (tertiary alicyclic amines) is 1. The molecule has 3 heterocycles. The minimum Gasteiger partial charge on any atom is -0.339 e. The monoisotopic (exact) mass is 357 g/mol. The van der Waals surface area contributed by atoms with Crippen molar-refractivity contribution in [3.8, 4) is 0 Å². The Balaban J connectivity index is 1.59. The molecule has 0 radical (unpaired) electrons. The number of carbonyl (C=O) groups is 1. The van der Waals surface area contributed by atoms with Crippen molar-refractivity contribution in [1.29, 1.82) is 0 Å². The van der Waals surface area contributed by atoms with E-state index in [1.807, 2.05) is 21.6 Å². The van der Waals surface area contributed by atoms with E-state index in [4.69, 9.17) is 0 Å². The Kier molecular flexibility index (Phi) is 6.30. The van der Waals surface area contributed by atoms with Gasteiger partial charge in [-0.1, -0.05) is 26.0 Å². The zero-order valence-electron chi connectivity index (χ0n) is 16.1. The second-order valence-corrected chi connectivity index (χ2v) is 7.64. The van der Waals surface area contributed by atoms with Crippen LogP contribution in [0.5, 0.6) is 0 Å². The first-order valence-corrected chi connectivity index (χ1v) is 9.99. The van der Waals surface area contributed by atoms with E-state index in [1.54, 1.807) is 12.1 Å². The Morgan fingerprint density at radius 2 is 1.96 bits per heavy atom. The molecular weight excluding hydrogens is 326 g/mol. The topological polar surface area (TPSA) is 45.6 Å². The predicted molar refractivity (Wildman–Crippen MR) is 104 cm³/mol. The summed E-state index contributed by atoms with van der Waals surface area (Å²) in [6.07, 6.45) is 6.92. The van der Waals surface area contributed by atoms with Crippen molar-refractivity contribution >= 4 is 5.91 Å². The van der Waals surface area contributed by atoms with Crippen molar-refractivity contribution in [2.45, 2.75) is 45.6 Å². The standard InChI is InChI=1S/C21H31N3O2/c1-3-10-23(11-4-2)20(25)9-6-12-22-14-17-13-18(16-22)19-7-5-8-21(26)24(19)15-17/h5-9,17-18H,3-4,10-16H2,1-2H3/b9-6+/t17-,18-/m1/s1. The Hall–Kier alpha value is -1.88. The normalized spacial score (nSPS) is 22.4. The quantitative estimate of drug-likeness (QED) is 0.704. The van der Waals surface area contributed by atoms with Gasteiger partial charge < -0.3 is 9.47 Å². The molecule has 3 rings (SSSR count). The van der Waals surface area contributed by atoms with Crippen LogP contribution in [0, 0.1) is 5.92 Å². The molecule has 1 amide bonds. The van der Waals surface area contributed by atoms with Gasteiger partial charge in [-0.15, -0.1) is 0 Å². The van der Waals surface area contributed by atoms with Crippen molar-refractivity contribution < 1.29 is 4.79 Å². The van der Waals surface area contributed by atoms with E-state index in [9.17, 15) is 9.59 Å². The lowest BCUT2D eigenvalue weighted by Crippen LogP contribution is -2.47. The molecule has 0 spiro atoms. The van der Waals surface area contributed by atoms with E-state index >= 15 is 0 Å². The molecule has 2 bridgehead atoms. The third-order valence-electron chi connectivity index (χ3n) is 5.48. The van der Waals surface area contributed by atoms with E-state index in [0.29, 0.717) is 11.8 Å². The fraction of sp³-hybridized carbons (Fsp3) is 0.619. The van der Waals surface area contributed by atoms with Gasteiger partial charge in [0.15, 0.2) is 0 Å². The van der Waals surface area contributed by atoms with Gasteiger partial charge in [0.05, 0.1) is 0 Å². The minimum atomic E-state index is 0.128. The highest BCUT2D eigenvalue weighted by molar-refractivity contribution is 5.87. The zero-order chi connectivity index (χ0) is 18.5. The molecule has 1 aromatic rings. The van der Waals surface area contributed by atoms with Crippen LogP contribution in [0.4, 0.5) is 0 Å². The maximum Gasteiger partial charge on any atom is 0.250 e. The molecule has 0 aromatic carbocycles. The fourth-order valence-corrected chi connectivity index (χ4v) is 4.42. The molecule has 0 N–H and O–H groups in total. The Morgan fingerprint density at radius 3 is 2.69 bits per heavy atom. The largest absolute Gasteiger partial charge is 0.339 e. The molecule has 0 unspecified atom stereocenters. The van der Waals surface area contributed by atoms with Gasteiger partial charge in [0.2, 0.25) is 5.91 Å². The molecule has 1 aromatic heterocycles. The second kappa shape index (κ2) is 8.67. The highest BCUT2D eigenvalue weighted by atomic mass is 16.2. The summed E-state index contributed by atoms with van der Waals surface area (Å²) in [6, 6.07) is 5.63. The first kappa shape index (κ1) is 18.9. The summed E-state index contributed by atoms with van der Waals surface area (Å²) >= 11 is 0. The number of pyridine rings is 1. The summed E-state index contributed by atoms with van der Waals surface area (Å²) in [6.45, 7) is 9.47. The summed E-state index contributed by atoms with van der Waals surface area (Å²) in [5, 5.41) is 0. The van der Waals surface area contributed by atoms with E-state index in [2.05, 4.69) is 24.8 Å². The fourth-order valence-electron chi connectivity index (χ4n) is 4.42. The molecule has 1 saturated heterocycles. The average Bonchev–Trinajstić information content (AvgIpc) is 2.62. The van der Waals surface area contributed by atoms with E-state index in [0.717, 1.165) is 52.1 Å². The summed E-state index contributed by atoms with van der Waals surface area (Å²) < 4.78 is 1.96. The molecule has 0 saturated carbocycles. The average molecular weight is 357 g/mol. The number of hydrogen-bond acceptors (Lipinski definition) is 3. The van der Waals surface area contributed by atoms with Crippen LogP contribution in [0.25, 0.3) is 0 Å². The van der Waals surface area contributed by atoms with Gasteiger partial charge in [0.25, 0.3) is 5.56 Å². The van der Waals surface area contributed by atoms with Gasteiger partial charge in [-0.25, -0.2) is 0 Å². The predicted octanol–water partition coefficient (Wildman–Crippen LogP) is 2.47. The maximum absolute atomic E-state index is 12.3. The Labute approximate surface area is 156 Å². The van der Waals surface area contributed by atoms with Crippen LogP contribution >= 0.6 is 0 Å². The van der Waals surface area contributed by atoms with E-state index in [-0.39, 0.29) is 11.5 Å². The van der Waals surface area contributed by atoms with Crippen LogP contribution in [0.2, 0.25) is 0 Å². The summed E-state index contributed by atoms with van der Waals surface area (Å²) in [7, 11) is 0. The number of fused-ring (bicyclic) bond motifs is 4. The molecule has 5 nitrogen and oxygen atoms in total. The number of rotatable bonds is 7. The summed E-state index contributed by atoms with van der Waals surface area (Å²) in [4.78, 5) is 28.8. The van der Waals surface area contributed by atoms with Crippen LogP contribution in [-0.4, -0.2) is 53.0 Å². The van der Waals surface area contributed by atoms with E-state index < -0.39 is 0 Å². The van der Waals surface area contributed by atoms with Crippen LogP contribution < -0.4 is 5.56 Å². The number of nitrogens with zero attached hydrogens (tertiary/aromatic N) is 3. The molecule has 26 heavy (non-hydrogen) atoms. The molecule has 2 aliphatic rings. The van der Waals surface area contributed by atoms with Crippen LogP contribution in [-0.2, 0) is 11.3 Å². The Bertz CT molecular complexity index is 703. The van der Waals surface area contributed by atoms with Crippen LogP contribution in [0.15, 0.2) is 35.1 Å². The lowest BCUT2D eigenvalue weighted by Gasteiger charge is -2.42. The van der Waals surface area contributed by atoms with Gasteiger partial charge in [0.1, 0.15) is 0 Å². The number of carbonyl (C=O) groups excluding carboxylic acids is 1. The lowest BCUT2D eigenvalue weighted by atomic mass is 9.83. The zero-order valence-corrected chi connectivity index (χ0v) is 16.1. The molecule has 5 heteroatoms. The van der Waals surface area contributed by atoms with Crippen molar-refractivity contribution in [3.05, 3.63) is 46.4 Å². The number of piperidine rings is 1. The van der Waals surface area contributed by atoms with Gasteiger partial charge >= 0.3 is 0 Å². The molecule has 2 aliphatic heterocycles. The van der Waals surface area contributed by atoms with Crippen molar-refractivity contribution in [2.24, 2.45) is 5.92 Å².